The van der Waals surface area contributed by atoms with Gasteiger partial charge in [0, 0.05) is 0 Å². The molecule has 0 amide bonds. The number of ether oxygens (including phenoxy) is 1. The summed E-state index contributed by atoms with van der Waals surface area (Å²) in [6, 6.07) is 7.96. The highest BCUT2D eigenvalue weighted by atomic mass is 16.5. The third-order valence-corrected chi connectivity index (χ3v) is 2.03. The highest BCUT2D eigenvalue weighted by Crippen LogP contribution is 2.13. The van der Waals surface area contributed by atoms with Gasteiger partial charge in [0.1, 0.15) is 10.8 Å². The van der Waals surface area contributed by atoms with Gasteiger partial charge in [-0.15, -0.1) is 0 Å². The molecule has 1 aromatic carbocycles. The molecule has 2 aromatic rings. The summed E-state index contributed by atoms with van der Waals surface area (Å²) in [5, 5.41) is 12.9. The zero-order valence-electron chi connectivity index (χ0n) is 8.53. The van der Waals surface area contributed by atoms with Crippen LogP contribution in [0.3, 0.4) is 0 Å². The van der Waals surface area contributed by atoms with Crippen LogP contribution in [0.4, 0.5) is 0 Å². The Bertz CT molecular complexity index is 396. The Morgan fingerprint density at radius 2 is 2.13 bits per heavy atom. The lowest BCUT2D eigenvalue weighted by molar-refractivity contribution is -0.465. The molecule has 0 bridgehead atoms. The Hall–Kier alpha value is -1.91. The van der Waals surface area contributed by atoms with Crippen molar-refractivity contribution < 1.29 is 9.84 Å². The van der Waals surface area contributed by atoms with Crippen molar-refractivity contribution in [2.45, 2.75) is 13.3 Å². The van der Waals surface area contributed by atoms with E-state index in [0.29, 0.717) is 6.61 Å². The van der Waals surface area contributed by atoms with Crippen molar-refractivity contribution in [3.05, 3.63) is 35.7 Å². The van der Waals surface area contributed by atoms with Crippen LogP contribution in [0.5, 0.6) is 5.75 Å². The van der Waals surface area contributed by atoms with Crippen molar-refractivity contribution in [2.24, 2.45) is 0 Å². The number of tetrazole rings is 1. The number of rotatable bonds is 4. The lowest BCUT2D eigenvalue weighted by atomic mass is 10.1. The number of hydrogen-bond donors (Lipinski definition) is 1. The fourth-order valence-electron chi connectivity index (χ4n) is 1.34. The first-order valence-electron chi connectivity index (χ1n) is 4.88. The smallest absolute Gasteiger partial charge is 0.302 e. The van der Waals surface area contributed by atoms with Crippen molar-refractivity contribution in [1.82, 2.24) is 15.5 Å². The summed E-state index contributed by atoms with van der Waals surface area (Å²) >= 11 is 0. The van der Waals surface area contributed by atoms with Crippen LogP contribution < -0.4 is 9.84 Å². The van der Waals surface area contributed by atoms with Crippen LogP contribution in [0, 0.1) is 0 Å². The second-order valence-electron chi connectivity index (χ2n) is 3.14. The van der Waals surface area contributed by atoms with E-state index < -0.39 is 0 Å². The molecular weight excluding hydrogens is 192 g/mol. The molecule has 5 nitrogen and oxygen atoms in total. The van der Waals surface area contributed by atoms with E-state index in [4.69, 9.17) is 4.74 Å². The number of nitrogens with zero attached hydrogens (tertiary/aromatic N) is 2. The molecule has 15 heavy (non-hydrogen) atoms. The van der Waals surface area contributed by atoms with Crippen LogP contribution in [0.2, 0.25) is 0 Å². The summed E-state index contributed by atoms with van der Waals surface area (Å²) in [6.45, 7) is 2.66. The molecule has 0 atom stereocenters. The van der Waals surface area contributed by atoms with Gasteiger partial charge in [-0.2, -0.15) is 5.10 Å². The monoisotopic (exact) mass is 205 g/mol. The Morgan fingerprint density at radius 3 is 2.73 bits per heavy atom. The van der Waals surface area contributed by atoms with Gasteiger partial charge in [-0.25, -0.2) is 0 Å². The zero-order valence-corrected chi connectivity index (χ0v) is 8.53. The summed E-state index contributed by atoms with van der Waals surface area (Å²) < 4.78 is 5.35. The predicted octanol–water partition coefficient (Wildman–Crippen LogP) is 0.608. The molecule has 0 aliphatic rings. The molecule has 0 fully saturated rings. The van der Waals surface area contributed by atoms with Crippen LogP contribution in [-0.4, -0.2) is 22.1 Å². The van der Waals surface area contributed by atoms with Crippen molar-refractivity contribution in [3.63, 3.8) is 0 Å². The summed E-state index contributed by atoms with van der Waals surface area (Å²) in [5.41, 5.74) is 1.17. The van der Waals surface area contributed by atoms with Gasteiger partial charge >= 0.3 is 5.82 Å². The van der Waals surface area contributed by atoms with Gasteiger partial charge in [-0.3, -0.25) is 0 Å². The third-order valence-electron chi connectivity index (χ3n) is 2.03. The number of hydrogen-bond acceptors (Lipinski definition) is 3. The summed E-state index contributed by atoms with van der Waals surface area (Å²) in [7, 11) is 0. The van der Waals surface area contributed by atoms with Crippen molar-refractivity contribution in [1.29, 1.82) is 0 Å². The average Bonchev–Trinajstić information content (AvgIpc) is 2.74. The van der Waals surface area contributed by atoms with Crippen LogP contribution in [-0.2, 0) is 6.42 Å². The van der Waals surface area contributed by atoms with Gasteiger partial charge in [-0.1, -0.05) is 17.3 Å². The van der Waals surface area contributed by atoms with Crippen LogP contribution in [0.15, 0.2) is 24.3 Å². The molecular formula is C10H13N4O+. The molecule has 0 aliphatic heterocycles. The van der Waals surface area contributed by atoms with Crippen molar-refractivity contribution in [2.75, 3.05) is 6.61 Å². The number of H-pyrrole nitrogens is 2. The van der Waals surface area contributed by atoms with Gasteiger partial charge in [0.05, 0.1) is 13.0 Å². The van der Waals surface area contributed by atoms with E-state index >= 15 is 0 Å². The molecule has 0 unspecified atom stereocenters. The summed E-state index contributed by atoms with van der Waals surface area (Å²) in [6.07, 6.45) is 0.739. The van der Waals surface area contributed by atoms with Crippen LogP contribution >= 0.6 is 0 Å². The van der Waals surface area contributed by atoms with E-state index in [2.05, 4.69) is 20.6 Å². The highest BCUT2D eigenvalue weighted by molar-refractivity contribution is 5.28. The highest BCUT2D eigenvalue weighted by Gasteiger charge is 2.06. The number of benzene rings is 1. The van der Waals surface area contributed by atoms with Gasteiger partial charge in [0.25, 0.3) is 0 Å². The fraction of sp³-hybridized carbons (Fsp3) is 0.300. The first kappa shape index (κ1) is 9.64. The second kappa shape index (κ2) is 4.54. The van der Waals surface area contributed by atoms with Crippen LogP contribution in [0.1, 0.15) is 18.3 Å². The molecule has 78 valence electrons. The van der Waals surface area contributed by atoms with Gasteiger partial charge in [-0.05, 0) is 24.6 Å². The minimum Gasteiger partial charge on any atom is -0.494 e. The van der Waals surface area contributed by atoms with E-state index in [1.54, 1.807) is 0 Å². The lowest BCUT2D eigenvalue weighted by Gasteiger charge is -2.02. The molecule has 0 radical (unpaired) electrons. The number of aromatic amines is 2. The number of aromatic nitrogens is 4. The molecule has 1 heterocycles. The van der Waals surface area contributed by atoms with E-state index in [0.717, 1.165) is 18.0 Å². The van der Waals surface area contributed by atoms with Crippen LogP contribution in [0.25, 0.3) is 0 Å². The fourth-order valence-corrected chi connectivity index (χ4v) is 1.34. The maximum atomic E-state index is 5.35. The maximum Gasteiger partial charge on any atom is 0.302 e. The van der Waals surface area contributed by atoms with E-state index in [9.17, 15) is 0 Å². The SMILES string of the molecule is CCOc1ccc(Cc2nn[nH][nH+]2)cc1. The van der Waals surface area contributed by atoms with E-state index in [1.807, 2.05) is 31.2 Å². The lowest BCUT2D eigenvalue weighted by Crippen LogP contribution is -2.10. The van der Waals surface area contributed by atoms with Crippen molar-refractivity contribution in [3.8, 4) is 5.75 Å². The Morgan fingerprint density at radius 1 is 1.33 bits per heavy atom. The second-order valence-corrected chi connectivity index (χ2v) is 3.14. The average molecular weight is 205 g/mol. The van der Waals surface area contributed by atoms with E-state index in [1.165, 1.54) is 5.56 Å². The first-order chi connectivity index (χ1) is 7.38. The Balaban J connectivity index is 2.04. The molecule has 0 aliphatic carbocycles. The van der Waals surface area contributed by atoms with Gasteiger partial charge in [0.15, 0.2) is 5.21 Å². The maximum absolute atomic E-state index is 5.35. The zero-order chi connectivity index (χ0) is 10.5. The van der Waals surface area contributed by atoms with Gasteiger partial charge in [0.2, 0.25) is 0 Å². The molecule has 2 N–H and O–H groups in total. The molecule has 1 aromatic heterocycles. The van der Waals surface area contributed by atoms with E-state index in [-0.39, 0.29) is 0 Å². The standard InChI is InChI=1S/C10H12N4O/c1-2-15-9-5-3-8(4-6-9)7-10-11-13-14-12-10/h3-6H,2,7H2,1H3,(H,11,12,13,14)/p+1. The summed E-state index contributed by atoms with van der Waals surface area (Å²) in [5.74, 6) is 1.71. The van der Waals surface area contributed by atoms with Crippen molar-refractivity contribution >= 4 is 0 Å². The topological polar surface area (TPSA) is 64.9 Å². The predicted molar refractivity (Wildman–Crippen MR) is 53.4 cm³/mol. The molecule has 0 saturated carbocycles. The first-order valence-corrected chi connectivity index (χ1v) is 4.88. The summed E-state index contributed by atoms with van der Waals surface area (Å²) in [4.78, 5) is 0. The third kappa shape index (κ3) is 2.52. The van der Waals surface area contributed by atoms with Gasteiger partial charge < -0.3 is 4.74 Å². The minimum absolute atomic E-state index is 0.691. The molecule has 0 spiro atoms. The Kier molecular flexibility index (Phi) is 2.92. The normalized spacial score (nSPS) is 10.2. The minimum atomic E-state index is 0.691. The quantitative estimate of drug-likeness (QED) is 0.795. The molecule has 0 saturated heterocycles. The number of nitrogens with one attached hydrogen (secondary N) is 2. The Labute approximate surface area is 87.5 Å². The molecule has 5 heteroatoms. The molecule has 2 rings (SSSR count). The largest absolute Gasteiger partial charge is 0.494 e.